The van der Waals surface area contributed by atoms with Gasteiger partial charge in [-0.05, 0) is 54.5 Å². The number of ether oxygens (including phenoxy) is 2. The molecule has 0 radical (unpaired) electrons. The Morgan fingerprint density at radius 2 is 1.87 bits per heavy atom. The van der Waals surface area contributed by atoms with Crippen LogP contribution in [0.4, 0.5) is 5.69 Å². The molecule has 0 unspecified atom stereocenters. The van der Waals surface area contributed by atoms with Gasteiger partial charge in [-0.1, -0.05) is 30.3 Å². The van der Waals surface area contributed by atoms with Crippen LogP contribution in [-0.4, -0.2) is 52.0 Å². The van der Waals surface area contributed by atoms with E-state index < -0.39 is 42.4 Å². The van der Waals surface area contributed by atoms with Crippen molar-refractivity contribution in [2.24, 2.45) is 0 Å². The second kappa shape index (κ2) is 9.95. The lowest BCUT2D eigenvalue weighted by Crippen LogP contribution is -2.23. The van der Waals surface area contributed by atoms with Crippen LogP contribution in [0, 0.1) is 0 Å². The third kappa shape index (κ3) is 4.93. The van der Waals surface area contributed by atoms with E-state index in [1.165, 1.54) is 35.2 Å². The van der Waals surface area contributed by atoms with Crippen molar-refractivity contribution in [1.29, 1.82) is 0 Å². The molecule has 2 heterocycles. The smallest absolute Gasteiger partial charge is 0.338 e. The number of ketones is 1. The highest BCUT2D eigenvalue weighted by Crippen LogP contribution is 2.41. The first-order chi connectivity index (χ1) is 18.5. The van der Waals surface area contributed by atoms with Crippen molar-refractivity contribution in [1.82, 2.24) is 0 Å². The Bertz CT molecular complexity index is 1810. The summed E-state index contributed by atoms with van der Waals surface area (Å²) in [6.07, 6.45) is 2.47. The third-order valence-corrected chi connectivity index (χ3v) is 8.95. The van der Waals surface area contributed by atoms with Crippen LogP contribution in [0.1, 0.15) is 34.1 Å². The van der Waals surface area contributed by atoms with Crippen molar-refractivity contribution in [3.8, 4) is 5.75 Å². The highest BCUT2D eigenvalue weighted by Gasteiger charge is 2.40. The Kier molecular flexibility index (Phi) is 6.79. The summed E-state index contributed by atoms with van der Waals surface area (Å²) < 4.78 is 69.2. The lowest BCUT2D eigenvalue weighted by Gasteiger charge is -2.18. The minimum absolute atomic E-state index is 0.00611. The van der Waals surface area contributed by atoms with E-state index in [-0.39, 0.29) is 41.5 Å². The van der Waals surface area contributed by atoms with Gasteiger partial charge >= 0.3 is 5.97 Å². The van der Waals surface area contributed by atoms with Gasteiger partial charge in [-0.2, -0.15) is 8.42 Å². The molecule has 0 amide bonds. The van der Waals surface area contributed by atoms with Crippen LogP contribution >= 0.6 is 0 Å². The van der Waals surface area contributed by atoms with Crippen molar-refractivity contribution >= 4 is 48.2 Å². The second-order valence-corrected chi connectivity index (χ2v) is 12.3. The Hall–Kier alpha value is -4.00. The highest BCUT2D eigenvalue weighted by atomic mass is 32.2. The number of carbonyl (C=O) groups is 2. The van der Waals surface area contributed by atoms with Gasteiger partial charge in [-0.15, -0.1) is 0 Å². The lowest BCUT2D eigenvalue weighted by atomic mass is 10.0. The maximum absolute atomic E-state index is 13.3. The maximum Gasteiger partial charge on any atom is 0.338 e. The first-order valence-corrected chi connectivity index (χ1v) is 15.1. The summed E-state index contributed by atoms with van der Waals surface area (Å²) >= 11 is 0. The number of nitrogens with zero attached hydrogens (tertiary/aromatic N) is 1. The molecule has 5 rings (SSSR count). The molecule has 0 atom stereocenters. The van der Waals surface area contributed by atoms with E-state index in [0.717, 1.165) is 11.5 Å². The van der Waals surface area contributed by atoms with Gasteiger partial charge in [0.1, 0.15) is 4.91 Å². The Balaban J connectivity index is 1.54. The summed E-state index contributed by atoms with van der Waals surface area (Å²) in [4.78, 5) is 26.6. The van der Waals surface area contributed by atoms with E-state index in [9.17, 15) is 26.4 Å². The molecule has 3 aromatic carbocycles. The van der Waals surface area contributed by atoms with Crippen LogP contribution in [0.25, 0.3) is 10.8 Å². The molecule has 2 aliphatic rings. The van der Waals surface area contributed by atoms with Crippen LogP contribution < -0.4 is 9.64 Å². The lowest BCUT2D eigenvalue weighted by molar-refractivity contribution is 0.0526. The number of anilines is 1. The fourth-order valence-corrected chi connectivity index (χ4v) is 6.63. The maximum atomic E-state index is 13.3. The summed E-state index contributed by atoms with van der Waals surface area (Å²) in [5, 5.41) is 1.26. The molecular formula is C27H23NO9S2. The molecule has 12 heteroatoms. The van der Waals surface area contributed by atoms with Gasteiger partial charge in [0.2, 0.25) is 21.5 Å². The van der Waals surface area contributed by atoms with E-state index >= 15 is 0 Å². The number of esters is 1. The molecule has 0 bridgehead atoms. The van der Waals surface area contributed by atoms with Crippen LogP contribution in [0.15, 0.2) is 82.4 Å². The molecule has 0 spiro atoms. The van der Waals surface area contributed by atoms with Gasteiger partial charge in [-0.3, -0.25) is 9.35 Å². The average molecular weight is 570 g/mol. The van der Waals surface area contributed by atoms with Gasteiger partial charge in [0.15, 0.2) is 5.75 Å². The van der Waals surface area contributed by atoms with E-state index in [4.69, 9.17) is 14.0 Å². The number of rotatable bonds is 7. The number of allylic oxidation sites excluding steroid dienone is 3. The quantitative estimate of drug-likeness (QED) is 0.253. The fraction of sp³-hybridized carbons (Fsp3) is 0.185. The topological polar surface area (TPSA) is 144 Å². The highest BCUT2D eigenvalue weighted by molar-refractivity contribution is 7.97. The van der Waals surface area contributed by atoms with Crippen molar-refractivity contribution in [2.45, 2.75) is 18.2 Å². The number of hydrogen-bond acceptors (Lipinski definition) is 9. The van der Waals surface area contributed by atoms with Crippen molar-refractivity contribution < 1.29 is 40.5 Å². The summed E-state index contributed by atoms with van der Waals surface area (Å²) in [6.45, 7) is 1.88. The molecule has 3 aromatic rings. The largest absolute Gasteiger partial charge is 0.462 e. The van der Waals surface area contributed by atoms with Gasteiger partial charge < -0.3 is 14.4 Å². The zero-order chi connectivity index (χ0) is 27.9. The van der Waals surface area contributed by atoms with E-state index in [1.807, 2.05) is 0 Å². The minimum atomic E-state index is -4.23. The molecular weight excluding hydrogens is 546 g/mol. The molecule has 0 aromatic heterocycles. The van der Waals surface area contributed by atoms with Crippen LogP contribution in [0.2, 0.25) is 0 Å². The molecule has 202 valence electrons. The van der Waals surface area contributed by atoms with Crippen LogP contribution in [0.3, 0.4) is 0 Å². The number of fused-ring (bicyclic) bond motifs is 4. The average Bonchev–Trinajstić information content (AvgIpc) is 3.32. The number of carbonyl (C=O) groups excluding carboxylic acids is 2. The standard InChI is InChI=1S/C27H23NO9S2/c1-2-36-27(30)18-8-10-21-20(16-18)28(14-5-15-38(31,32)33)24(37-21)13-12-23-26(29)25-19-7-4-3-6-17(19)9-11-22(25)39(23,34)35/h3-4,6-13,16H,2,5,14-15H2,1H3,(H,31,32,33)/b23-12-,24-13-. The fourth-order valence-electron chi connectivity index (χ4n) is 4.59. The van der Waals surface area contributed by atoms with Gasteiger partial charge in [0.25, 0.3) is 10.1 Å². The van der Waals surface area contributed by atoms with Gasteiger partial charge in [0, 0.05) is 12.6 Å². The summed E-state index contributed by atoms with van der Waals surface area (Å²) in [6, 6.07) is 14.6. The molecule has 1 N–H and O–H groups in total. The van der Waals surface area contributed by atoms with Crippen molar-refractivity contribution in [3.63, 3.8) is 0 Å². The Morgan fingerprint density at radius 3 is 2.62 bits per heavy atom. The van der Waals surface area contributed by atoms with Gasteiger partial charge in [0.05, 0.1) is 34.1 Å². The Labute approximate surface area is 224 Å². The van der Waals surface area contributed by atoms with Crippen molar-refractivity contribution in [3.05, 3.63) is 88.7 Å². The van der Waals surface area contributed by atoms with Crippen LogP contribution in [0.5, 0.6) is 5.75 Å². The zero-order valence-corrected chi connectivity index (χ0v) is 22.3. The molecule has 2 aliphatic heterocycles. The molecule has 0 saturated heterocycles. The Morgan fingerprint density at radius 1 is 1.10 bits per heavy atom. The predicted octanol–water partition coefficient (Wildman–Crippen LogP) is 3.89. The van der Waals surface area contributed by atoms with E-state index in [1.54, 1.807) is 37.3 Å². The van der Waals surface area contributed by atoms with Crippen molar-refractivity contribution in [2.75, 3.05) is 23.8 Å². The number of benzene rings is 3. The van der Waals surface area contributed by atoms with E-state index in [0.29, 0.717) is 16.8 Å². The summed E-state index contributed by atoms with van der Waals surface area (Å²) in [7, 11) is -8.34. The summed E-state index contributed by atoms with van der Waals surface area (Å²) in [5.41, 5.74) is 0.752. The first kappa shape index (κ1) is 26.6. The molecule has 0 saturated carbocycles. The van der Waals surface area contributed by atoms with Gasteiger partial charge in [-0.25, -0.2) is 13.2 Å². The van der Waals surface area contributed by atoms with E-state index in [2.05, 4.69) is 0 Å². The second-order valence-electron chi connectivity index (χ2n) is 8.82. The summed E-state index contributed by atoms with van der Waals surface area (Å²) in [5.74, 6) is -1.30. The zero-order valence-electron chi connectivity index (χ0n) is 20.7. The SMILES string of the molecule is CCOC(=O)c1ccc2c(c1)N(CCCS(=O)(=O)O)/C(=C/C=C1/C(=O)c3c(ccc4ccccc34)S1(=O)=O)O2. The minimum Gasteiger partial charge on any atom is -0.462 e. The van der Waals surface area contributed by atoms with Crippen LogP contribution in [-0.2, 0) is 24.7 Å². The molecule has 0 fully saturated rings. The molecule has 0 aliphatic carbocycles. The number of sulfone groups is 1. The monoisotopic (exact) mass is 569 g/mol. The normalized spacial score (nSPS) is 17.9. The first-order valence-electron chi connectivity index (χ1n) is 12.0. The molecule has 39 heavy (non-hydrogen) atoms. The third-order valence-electron chi connectivity index (χ3n) is 6.32. The molecule has 10 nitrogen and oxygen atoms in total. The predicted molar refractivity (Wildman–Crippen MR) is 143 cm³/mol. The number of Topliss-reactive ketones (excluding diaryl/α,β-unsaturated/α-hetero) is 1. The number of hydrogen-bond donors (Lipinski definition) is 1.